The fourth-order valence-corrected chi connectivity index (χ4v) is 2.95. The highest BCUT2D eigenvalue weighted by molar-refractivity contribution is 5.98. The van der Waals surface area contributed by atoms with Crippen molar-refractivity contribution in [3.05, 3.63) is 59.2 Å². The first-order valence-electron chi connectivity index (χ1n) is 8.27. The van der Waals surface area contributed by atoms with Crippen molar-refractivity contribution in [2.75, 3.05) is 5.32 Å². The quantitative estimate of drug-likeness (QED) is 0.805. The molecule has 0 aromatic heterocycles. The minimum atomic E-state index is -4.72. The van der Waals surface area contributed by atoms with E-state index in [-0.39, 0.29) is 17.9 Å². The number of aromatic hydroxyl groups is 1. The van der Waals surface area contributed by atoms with Crippen molar-refractivity contribution in [2.24, 2.45) is 10.2 Å². The number of phenols is 1. The molecular formula is C19H15F3N4O2. The summed E-state index contributed by atoms with van der Waals surface area (Å²) in [5.74, 6) is -0.606. The average Bonchev–Trinajstić information content (AvgIpc) is 3.05. The van der Waals surface area contributed by atoms with Gasteiger partial charge in [-0.05, 0) is 31.2 Å². The highest BCUT2D eigenvalue weighted by Crippen LogP contribution is 2.41. The molecule has 0 bridgehead atoms. The summed E-state index contributed by atoms with van der Waals surface area (Å²) in [5, 5.41) is 29.2. The zero-order valence-corrected chi connectivity index (χ0v) is 14.7. The standard InChI is InChI=1S/C19H15F3N4O2/c1-18(9-15(25-26-18)13-4-2-3-5-16(13)27)17(28)24-12-7-6-11(10-23)14(8-12)19(20,21)22/h2-8,15,27H,9H2,1H3,(H,24,28). The molecule has 9 heteroatoms. The van der Waals surface area contributed by atoms with Crippen molar-refractivity contribution < 1.29 is 23.1 Å². The summed E-state index contributed by atoms with van der Waals surface area (Å²) in [4.78, 5) is 12.6. The summed E-state index contributed by atoms with van der Waals surface area (Å²) in [6.07, 6.45) is -4.57. The van der Waals surface area contributed by atoms with E-state index in [0.717, 1.165) is 6.07 Å². The predicted molar refractivity (Wildman–Crippen MR) is 93.5 cm³/mol. The zero-order chi connectivity index (χ0) is 20.5. The molecule has 2 N–H and O–H groups in total. The van der Waals surface area contributed by atoms with Crippen molar-refractivity contribution in [1.82, 2.24) is 0 Å². The Bertz CT molecular complexity index is 997. The number of para-hydroxylation sites is 1. The van der Waals surface area contributed by atoms with E-state index in [1.54, 1.807) is 18.2 Å². The van der Waals surface area contributed by atoms with Crippen LogP contribution in [0.5, 0.6) is 5.75 Å². The molecule has 6 nitrogen and oxygen atoms in total. The molecule has 28 heavy (non-hydrogen) atoms. The van der Waals surface area contributed by atoms with Crippen molar-refractivity contribution in [3.8, 4) is 11.8 Å². The van der Waals surface area contributed by atoms with Gasteiger partial charge in [0, 0.05) is 17.7 Å². The van der Waals surface area contributed by atoms with Crippen LogP contribution in [0.2, 0.25) is 0 Å². The Balaban J connectivity index is 1.80. The minimum Gasteiger partial charge on any atom is -0.508 e. The fourth-order valence-electron chi connectivity index (χ4n) is 2.95. The second-order valence-electron chi connectivity index (χ2n) is 6.59. The molecule has 1 amide bonds. The molecule has 2 unspecified atom stereocenters. The molecule has 1 aliphatic rings. The lowest BCUT2D eigenvalue weighted by Gasteiger charge is -2.20. The van der Waals surface area contributed by atoms with Crippen LogP contribution in [-0.4, -0.2) is 16.6 Å². The smallest absolute Gasteiger partial charge is 0.417 e. The third kappa shape index (κ3) is 3.67. The first-order chi connectivity index (χ1) is 13.1. The number of phenolic OH excluding ortho intramolecular Hbond substituents is 1. The van der Waals surface area contributed by atoms with E-state index >= 15 is 0 Å². The third-order valence-corrected chi connectivity index (χ3v) is 4.50. The number of nitriles is 1. The second kappa shape index (κ2) is 6.96. The van der Waals surface area contributed by atoms with Crippen LogP contribution in [0.3, 0.4) is 0 Å². The van der Waals surface area contributed by atoms with E-state index in [4.69, 9.17) is 5.26 Å². The van der Waals surface area contributed by atoms with E-state index in [1.165, 1.54) is 25.1 Å². The largest absolute Gasteiger partial charge is 0.508 e. The second-order valence-corrected chi connectivity index (χ2v) is 6.59. The van der Waals surface area contributed by atoms with Gasteiger partial charge >= 0.3 is 6.18 Å². The molecule has 144 valence electrons. The average molecular weight is 388 g/mol. The van der Waals surface area contributed by atoms with Crippen LogP contribution in [0.4, 0.5) is 18.9 Å². The third-order valence-electron chi connectivity index (χ3n) is 4.50. The van der Waals surface area contributed by atoms with Gasteiger partial charge in [-0.3, -0.25) is 4.79 Å². The number of azo groups is 1. The number of hydrogen-bond donors (Lipinski definition) is 2. The molecule has 2 aromatic rings. The van der Waals surface area contributed by atoms with E-state index in [2.05, 4.69) is 15.5 Å². The van der Waals surface area contributed by atoms with Crippen molar-refractivity contribution in [3.63, 3.8) is 0 Å². The SMILES string of the molecule is CC1(C(=O)Nc2ccc(C#N)c(C(F)(F)F)c2)CC(c2ccccc2O)N=N1. The molecule has 1 aliphatic heterocycles. The number of nitrogens with one attached hydrogen (secondary N) is 1. The lowest BCUT2D eigenvalue weighted by Crippen LogP contribution is -2.37. The summed E-state index contributed by atoms with van der Waals surface area (Å²) >= 11 is 0. The lowest BCUT2D eigenvalue weighted by atomic mass is 9.91. The van der Waals surface area contributed by atoms with Gasteiger partial charge in [0.2, 0.25) is 0 Å². The molecule has 0 fully saturated rings. The molecule has 0 spiro atoms. The Morgan fingerprint density at radius 3 is 2.68 bits per heavy atom. The van der Waals surface area contributed by atoms with Crippen molar-refractivity contribution in [1.29, 1.82) is 5.26 Å². The van der Waals surface area contributed by atoms with E-state index in [1.807, 2.05) is 0 Å². The van der Waals surface area contributed by atoms with Crippen LogP contribution < -0.4 is 5.32 Å². The number of anilines is 1. The molecule has 2 aromatic carbocycles. The Morgan fingerprint density at radius 2 is 2.04 bits per heavy atom. The Kier molecular flexibility index (Phi) is 4.81. The molecule has 3 rings (SSSR count). The monoisotopic (exact) mass is 388 g/mol. The van der Waals surface area contributed by atoms with Gasteiger partial charge in [-0.1, -0.05) is 18.2 Å². The molecule has 0 aliphatic carbocycles. The van der Waals surface area contributed by atoms with Crippen molar-refractivity contribution in [2.45, 2.75) is 31.1 Å². The maximum atomic E-state index is 13.1. The predicted octanol–water partition coefficient (Wildman–Crippen LogP) is 4.58. The molecular weight excluding hydrogens is 373 g/mol. The summed E-state index contributed by atoms with van der Waals surface area (Å²) in [5.41, 5.74) is -2.55. The molecule has 0 radical (unpaired) electrons. The van der Waals surface area contributed by atoms with E-state index < -0.39 is 34.8 Å². The summed E-state index contributed by atoms with van der Waals surface area (Å²) in [7, 11) is 0. The van der Waals surface area contributed by atoms with Gasteiger partial charge in [-0.15, -0.1) is 0 Å². The maximum absolute atomic E-state index is 13.1. The van der Waals surface area contributed by atoms with Gasteiger partial charge < -0.3 is 10.4 Å². The number of halogens is 3. The van der Waals surface area contributed by atoms with Crippen LogP contribution in [0, 0.1) is 11.3 Å². The first-order valence-corrected chi connectivity index (χ1v) is 8.27. The number of nitrogens with zero attached hydrogens (tertiary/aromatic N) is 3. The van der Waals surface area contributed by atoms with Gasteiger partial charge in [0.25, 0.3) is 5.91 Å². The number of hydrogen-bond acceptors (Lipinski definition) is 5. The number of carbonyl (C=O) groups is 1. The van der Waals surface area contributed by atoms with Crippen LogP contribution in [0.1, 0.15) is 36.1 Å². The number of amides is 1. The highest BCUT2D eigenvalue weighted by atomic mass is 19.4. The first kappa shape index (κ1) is 19.4. The maximum Gasteiger partial charge on any atom is 0.417 e. The van der Waals surface area contributed by atoms with Gasteiger partial charge in [-0.2, -0.15) is 28.7 Å². The van der Waals surface area contributed by atoms with E-state index in [0.29, 0.717) is 11.6 Å². The minimum absolute atomic E-state index is 0.0259. The van der Waals surface area contributed by atoms with Gasteiger partial charge in [-0.25, -0.2) is 0 Å². The number of benzene rings is 2. The Hall–Kier alpha value is -3.41. The van der Waals surface area contributed by atoms with Crippen molar-refractivity contribution >= 4 is 11.6 Å². The van der Waals surface area contributed by atoms with Gasteiger partial charge in [0.1, 0.15) is 11.8 Å². The molecule has 0 saturated carbocycles. The summed E-state index contributed by atoms with van der Waals surface area (Å²) in [6, 6.07) is 10.4. The number of carbonyl (C=O) groups excluding carboxylic acids is 1. The Labute approximate surface area is 158 Å². The molecule has 0 saturated heterocycles. The zero-order valence-electron chi connectivity index (χ0n) is 14.7. The summed E-state index contributed by atoms with van der Waals surface area (Å²) < 4.78 is 39.3. The normalized spacial score (nSPS) is 21.3. The van der Waals surface area contributed by atoms with Gasteiger partial charge in [0.15, 0.2) is 5.54 Å². The Morgan fingerprint density at radius 1 is 1.32 bits per heavy atom. The van der Waals surface area contributed by atoms with Crippen LogP contribution >= 0.6 is 0 Å². The van der Waals surface area contributed by atoms with Crippen LogP contribution in [-0.2, 0) is 11.0 Å². The molecule has 1 heterocycles. The number of rotatable bonds is 3. The van der Waals surface area contributed by atoms with Crippen LogP contribution in [0.25, 0.3) is 0 Å². The van der Waals surface area contributed by atoms with Crippen LogP contribution in [0.15, 0.2) is 52.7 Å². The van der Waals surface area contributed by atoms with E-state index in [9.17, 15) is 23.1 Å². The summed E-state index contributed by atoms with van der Waals surface area (Å²) in [6.45, 7) is 1.51. The lowest BCUT2D eigenvalue weighted by molar-refractivity contribution is -0.137. The molecule has 2 atom stereocenters. The fraction of sp³-hybridized carbons (Fsp3) is 0.263. The number of alkyl halides is 3. The highest BCUT2D eigenvalue weighted by Gasteiger charge is 2.42. The van der Waals surface area contributed by atoms with Gasteiger partial charge in [0.05, 0.1) is 17.2 Å². The topological polar surface area (TPSA) is 97.8 Å².